The summed E-state index contributed by atoms with van der Waals surface area (Å²) in [4.78, 5) is 20.0. The van der Waals surface area contributed by atoms with E-state index in [1.165, 1.54) is 12.1 Å². The van der Waals surface area contributed by atoms with Crippen molar-refractivity contribution >= 4 is 33.4 Å². The number of aromatic amines is 1. The number of fused-ring (bicyclic) bond motifs is 2. The van der Waals surface area contributed by atoms with Crippen molar-refractivity contribution in [1.82, 2.24) is 9.97 Å². The molecule has 0 atom stereocenters. The zero-order valence-corrected chi connectivity index (χ0v) is 21.5. The molecule has 38 heavy (non-hydrogen) atoms. The number of nitrogens with one attached hydrogen (secondary N) is 1. The number of H-pyrrole nitrogens is 1. The van der Waals surface area contributed by atoms with E-state index in [2.05, 4.69) is 9.97 Å². The molecule has 2 heterocycles. The zero-order chi connectivity index (χ0) is 26.8. The number of rotatable bonds is 2. The average Bonchev–Trinajstić information content (AvgIpc) is 2.94. The van der Waals surface area contributed by atoms with Crippen molar-refractivity contribution in [1.29, 1.82) is 0 Å². The smallest absolute Gasteiger partial charge is 0.192 e. The molecule has 6 aromatic rings. The van der Waals surface area contributed by atoms with Crippen LogP contribution in [0.2, 0.25) is 5.02 Å². The molecule has 4 aromatic carbocycles. The molecule has 0 radical (unpaired) electrons. The van der Waals surface area contributed by atoms with Gasteiger partial charge in [-0.05, 0) is 61.9 Å². The van der Waals surface area contributed by atoms with E-state index in [-0.39, 0.29) is 17.1 Å². The minimum Gasteiger partial charge on any atom is -0.354 e. The Morgan fingerprint density at radius 2 is 1.24 bits per heavy atom. The lowest BCUT2D eigenvalue weighted by Crippen LogP contribution is -2.09. The Hall–Kier alpha value is -4.35. The van der Waals surface area contributed by atoms with Gasteiger partial charge in [-0.3, -0.25) is 4.79 Å². The number of hydrogen-bond acceptors (Lipinski definition) is 2. The number of hydrogen-bond donors (Lipinski definition) is 1. The van der Waals surface area contributed by atoms with Gasteiger partial charge in [0.2, 0.25) is 0 Å². The molecular formula is C32H23ClF2N2O. The Kier molecular flexibility index (Phi) is 7.03. The summed E-state index contributed by atoms with van der Waals surface area (Å²) >= 11 is 6.37. The Morgan fingerprint density at radius 1 is 0.684 bits per heavy atom. The first-order chi connectivity index (χ1) is 18.4. The summed E-state index contributed by atoms with van der Waals surface area (Å²) < 4.78 is 27.8. The lowest BCUT2D eigenvalue weighted by molar-refractivity contribution is 0.630. The van der Waals surface area contributed by atoms with Crippen molar-refractivity contribution in [3.63, 3.8) is 0 Å². The van der Waals surface area contributed by atoms with Gasteiger partial charge in [0.05, 0.1) is 21.9 Å². The summed E-state index contributed by atoms with van der Waals surface area (Å²) in [5, 5.41) is 2.14. The fourth-order valence-electron chi connectivity index (χ4n) is 4.45. The van der Waals surface area contributed by atoms with Gasteiger partial charge in [-0.25, -0.2) is 13.8 Å². The number of nitrogens with zero attached hydrogens (tertiary/aromatic N) is 1. The van der Waals surface area contributed by atoms with Crippen molar-refractivity contribution in [3.05, 3.63) is 135 Å². The third-order valence-electron chi connectivity index (χ3n) is 6.48. The molecular weight excluding hydrogens is 502 g/mol. The zero-order valence-electron chi connectivity index (χ0n) is 20.7. The molecule has 0 bridgehead atoms. The second-order valence-corrected chi connectivity index (χ2v) is 9.25. The maximum Gasteiger partial charge on any atom is 0.192 e. The second kappa shape index (κ2) is 10.6. The third kappa shape index (κ3) is 4.69. The van der Waals surface area contributed by atoms with Crippen LogP contribution in [0.4, 0.5) is 8.78 Å². The molecule has 1 N–H and O–H groups in total. The molecule has 188 valence electrons. The SMILES string of the molecule is Cc1c(-c2ccccc2F)[nH]c2ccccc2c1=O.Cc1c(-c2ccccc2F)nc2ccccc2c1Cl. The van der Waals surface area contributed by atoms with Gasteiger partial charge < -0.3 is 4.98 Å². The minimum absolute atomic E-state index is 0.0624. The fraction of sp³-hybridized carbons (Fsp3) is 0.0625. The molecule has 0 fully saturated rings. The largest absolute Gasteiger partial charge is 0.354 e. The number of para-hydroxylation sites is 2. The van der Waals surface area contributed by atoms with E-state index in [9.17, 15) is 13.6 Å². The highest BCUT2D eigenvalue weighted by Crippen LogP contribution is 2.33. The Balaban J connectivity index is 0.000000155. The van der Waals surface area contributed by atoms with Crippen LogP contribution >= 0.6 is 11.6 Å². The fourth-order valence-corrected chi connectivity index (χ4v) is 4.70. The van der Waals surface area contributed by atoms with Crippen LogP contribution in [0.25, 0.3) is 44.3 Å². The lowest BCUT2D eigenvalue weighted by Gasteiger charge is -2.10. The monoisotopic (exact) mass is 524 g/mol. The van der Waals surface area contributed by atoms with E-state index in [0.29, 0.717) is 38.5 Å². The van der Waals surface area contributed by atoms with Gasteiger partial charge in [-0.15, -0.1) is 0 Å². The van der Waals surface area contributed by atoms with Crippen LogP contribution in [-0.4, -0.2) is 9.97 Å². The molecule has 0 saturated heterocycles. The minimum atomic E-state index is -0.337. The highest BCUT2D eigenvalue weighted by Gasteiger charge is 2.14. The van der Waals surface area contributed by atoms with Crippen LogP contribution in [0, 0.1) is 25.5 Å². The van der Waals surface area contributed by atoms with Crippen molar-refractivity contribution in [3.8, 4) is 22.5 Å². The van der Waals surface area contributed by atoms with Gasteiger partial charge in [0.25, 0.3) is 0 Å². The molecule has 0 aliphatic rings. The number of halogens is 3. The quantitative estimate of drug-likeness (QED) is 0.246. The molecule has 2 aromatic heterocycles. The van der Waals surface area contributed by atoms with Crippen LogP contribution in [0.5, 0.6) is 0 Å². The molecule has 0 spiro atoms. The van der Waals surface area contributed by atoms with Gasteiger partial charge in [-0.2, -0.15) is 0 Å². The topological polar surface area (TPSA) is 45.8 Å². The van der Waals surface area contributed by atoms with E-state index in [0.717, 1.165) is 22.0 Å². The summed E-state index contributed by atoms with van der Waals surface area (Å²) in [5.41, 5.74) is 4.80. The highest BCUT2D eigenvalue weighted by atomic mass is 35.5. The maximum absolute atomic E-state index is 13.9. The maximum atomic E-state index is 13.9. The van der Waals surface area contributed by atoms with E-state index in [1.807, 2.05) is 49.4 Å². The van der Waals surface area contributed by atoms with E-state index in [4.69, 9.17) is 11.6 Å². The summed E-state index contributed by atoms with van der Waals surface area (Å²) in [6.07, 6.45) is 0. The molecule has 3 nitrogen and oxygen atoms in total. The summed E-state index contributed by atoms with van der Waals surface area (Å²) in [6.45, 7) is 3.58. The van der Waals surface area contributed by atoms with Crippen LogP contribution in [0.3, 0.4) is 0 Å². The van der Waals surface area contributed by atoms with Gasteiger partial charge >= 0.3 is 0 Å². The first-order valence-corrected chi connectivity index (χ1v) is 12.4. The number of pyridine rings is 2. The summed E-state index contributed by atoms with van der Waals surface area (Å²) in [7, 11) is 0. The van der Waals surface area contributed by atoms with Crippen LogP contribution in [0.1, 0.15) is 11.1 Å². The molecule has 6 heteroatoms. The summed E-state index contributed by atoms with van der Waals surface area (Å²) in [5.74, 6) is -0.624. The van der Waals surface area contributed by atoms with Gasteiger partial charge in [0, 0.05) is 33.0 Å². The van der Waals surface area contributed by atoms with Crippen molar-refractivity contribution in [2.45, 2.75) is 13.8 Å². The van der Waals surface area contributed by atoms with Gasteiger partial charge in [-0.1, -0.05) is 66.2 Å². The second-order valence-electron chi connectivity index (χ2n) is 8.88. The van der Waals surface area contributed by atoms with E-state index in [1.54, 1.807) is 49.4 Å². The molecule has 0 aliphatic carbocycles. The van der Waals surface area contributed by atoms with Crippen molar-refractivity contribution in [2.75, 3.05) is 0 Å². The van der Waals surface area contributed by atoms with E-state index >= 15 is 0 Å². The van der Waals surface area contributed by atoms with Crippen LogP contribution < -0.4 is 5.43 Å². The molecule has 0 unspecified atom stereocenters. The van der Waals surface area contributed by atoms with Gasteiger partial charge in [0.15, 0.2) is 5.43 Å². The average molecular weight is 525 g/mol. The predicted molar refractivity (Wildman–Crippen MR) is 152 cm³/mol. The molecule has 0 amide bonds. The number of benzene rings is 4. The molecule has 6 rings (SSSR count). The van der Waals surface area contributed by atoms with Crippen LogP contribution in [0.15, 0.2) is 102 Å². The Bertz CT molecular complexity index is 1860. The van der Waals surface area contributed by atoms with Crippen molar-refractivity contribution < 1.29 is 8.78 Å². The Labute approximate surface area is 223 Å². The highest BCUT2D eigenvalue weighted by molar-refractivity contribution is 6.36. The predicted octanol–water partition coefficient (Wildman–Crippen LogP) is 8.65. The summed E-state index contributed by atoms with van der Waals surface area (Å²) in [6, 6.07) is 27.9. The standard InChI is InChI=1S/C16H11ClFN.C16H12FNO/c1-10-15(17)12-7-3-5-9-14(12)19-16(10)11-6-2-4-8-13(11)18;1-10-15(11-6-2-4-8-13(11)17)18-14-9-5-3-7-12(14)16(10)19/h2-9H,1H3;2-9H,1H3,(H,18,19). The Morgan fingerprint density at radius 3 is 1.92 bits per heavy atom. The van der Waals surface area contributed by atoms with Crippen molar-refractivity contribution in [2.24, 2.45) is 0 Å². The number of aromatic nitrogens is 2. The molecule has 0 saturated carbocycles. The lowest BCUT2D eigenvalue weighted by atomic mass is 10.0. The van der Waals surface area contributed by atoms with E-state index < -0.39 is 0 Å². The van der Waals surface area contributed by atoms with Crippen LogP contribution in [-0.2, 0) is 0 Å². The molecule has 0 aliphatic heterocycles. The van der Waals surface area contributed by atoms with Gasteiger partial charge in [0.1, 0.15) is 11.6 Å². The normalized spacial score (nSPS) is 10.9. The first kappa shape index (κ1) is 25.3. The first-order valence-electron chi connectivity index (χ1n) is 12.0. The third-order valence-corrected chi connectivity index (χ3v) is 6.96.